The summed E-state index contributed by atoms with van der Waals surface area (Å²) in [5.74, 6) is 0.823. The van der Waals surface area contributed by atoms with Crippen molar-refractivity contribution in [2.75, 3.05) is 45.3 Å². The molecule has 0 aromatic heterocycles. The van der Waals surface area contributed by atoms with Gasteiger partial charge in [-0.1, -0.05) is 24.3 Å². The molecule has 1 heterocycles. The van der Waals surface area contributed by atoms with Gasteiger partial charge in [0, 0.05) is 52.6 Å². The Morgan fingerprint density at radius 1 is 1.17 bits per heavy atom. The molecule has 0 radical (unpaired) electrons. The average Bonchev–Trinajstić information content (AvgIpc) is 3.09. The van der Waals surface area contributed by atoms with Crippen LogP contribution in [0.4, 0.5) is 5.69 Å². The lowest BCUT2D eigenvalue weighted by molar-refractivity contribution is 0.195. The van der Waals surface area contributed by atoms with Crippen molar-refractivity contribution < 1.29 is 4.74 Å². The molecule has 0 spiro atoms. The molecule has 0 saturated carbocycles. The zero-order valence-electron chi connectivity index (χ0n) is 13.9. The van der Waals surface area contributed by atoms with Gasteiger partial charge in [0.05, 0.1) is 0 Å². The van der Waals surface area contributed by atoms with E-state index in [4.69, 9.17) is 4.74 Å². The minimum Gasteiger partial charge on any atom is -0.385 e. The smallest absolute Gasteiger partial charge is 0.191 e. The first-order valence-electron chi connectivity index (χ1n) is 7.76. The first-order valence-corrected chi connectivity index (χ1v) is 7.76. The summed E-state index contributed by atoms with van der Waals surface area (Å²) >= 11 is 0. The molecule has 0 amide bonds. The second kappa shape index (κ2) is 11.3. The third-order valence-electron chi connectivity index (χ3n) is 3.62. The largest absolute Gasteiger partial charge is 0.385 e. The molecule has 1 aromatic carbocycles. The summed E-state index contributed by atoms with van der Waals surface area (Å²) in [6, 6.07) is 8.69. The Labute approximate surface area is 156 Å². The van der Waals surface area contributed by atoms with Crippen LogP contribution < -0.4 is 15.5 Å². The SMILES string of the molecule is CN=C(NCCCOC)NCc1ccc(N2CC=CC2)cc1.I. The number of hydrogen-bond acceptors (Lipinski definition) is 3. The highest BCUT2D eigenvalue weighted by Crippen LogP contribution is 2.17. The summed E-state index contributed by atoms with van der Waals surface area (Å²) in [6.07, 6.45) is 5.37. The van der Waals surface area contributed by atoms with Crippen LogP contribution in [0.2, 0.25) is 0 Å². The van der Waals surface area contributed by atoms with Gasteiger partial charge in [-0.15, -0.1) is 24.0 Å². The zero-order valence-corrected chi connectivity index (χ0v) is 16.2. The van der Waals surface area contributed by atoms with Crippen molar-refractivity contribution in [1.29, 1.82) is 0 Å². The summed E-state index contributed by atoms with van der Waals surface area (Å²) in [7, 11) is 3.50. The van der Waals surface area contributed by atoms with Crippen molar-refractivity contribution in [2.24, 2.45) is 4.99 Å². The standard InChI is InChI=1S/C17H26N4O.HI/c1-18-17(19-10-5-13-22-2)20-14-15-6-8-16(9-7-15)21-11-3-4-12-21;/h3-4,6-9H,5,10-14H2,1-2H3,(H2,18,19,20);1H. The highest BCUT2D eigenvalue weighted by atomic mass is 127. The normalized spacial score (nSPS) is 13.8. The third kappa shape index (κ3) is 6.78. The first kappa shape index (κ1) is 19.8. The van der Waals surface area contributed by atoms with Crippen molar-refractivity contribution in [2.45, 2.75) is 13.0 Å². The minimum absolute atomic E-state index is 0. The van der Waals surface area contributed by atoms with Gasteiger partial charge in [-0.25, -0.2) is 0 Å². The van der Waals surface area contributed by atoms with Crippen LogP contribution in [0, 0.1) is 0 Å². The van der Waals surface area contributed by atoms with E-state index in [1.165, 1.54) is 11.3 Å². The number of methoxy groups -OCH3 is 1. The Morgan fingerprint density at radius 2 is 1.87 bits per heavy atom. The molecular weight excluding hydrogens is 403 g/mol. The number of halogens is 1. The number of rotatable bonds is 7. The topological polar surface area (TPSA) is 48.9 Å². The molecule has 5 nitrogen and oxygen atoms in total. The molecular formula is C17H27IN4O. The van der Waals surface area contributed by atoms with Gasteiger partial charge in [-0.05, 0) is 24.1 Å². The molecule has 0 aliphatic carbocycles. The van der Waals surface area contributed by atoms with Gasteiger partial charge in [0.1, 0.15) is 0 Å². The number of guanidine groups is 1. The quantitative estimate of drug-likeness (QED) is 0.229. The van der Waals surface area contributed by atoms with Crippen LogP contribution in [-0.4, -0.2) is 46.4 Å². The highest BCUT2D eigenvalue weighted by molar-refractivity contribution is 14.0. The van der Waals surface area contributed by atoms with Crippen molar-refractivity contribution >= 4 is 35.6 Å². The van der Waals surface area contributed by atoms with E-state index in [0.717, 1.165) is 45.2 Å². The second-order valence-electron chi connectivity index (χ2n) is 5.24. The van der Waals surface area contributed by atoms with E-state index < -0.39 is 0 Å². The first-order chi connectivity index (χ1) is 10.8. The van der Waals surface area contributed by atoms with Gasteiger partial charge in [-0.2, -0.15) is 0 Å². The van der Waals surface area contributed by atoms with Gasteiger partial charge >= 0.3 is 0 Å². The fourth-order valence-corrected chi connectivity index (χ4v) is 2.34. The maximum atomic E-state index is 5.03. The summed E-state index contributed by atoms with van der Waals surface area (Å²) in [5, 5.41) is 6.60. The van der Waals surface area contributed by atoms with Gasteiger partial charge < -0.3 is 20.3 Å². The molecule has 128 valence electrons. The number of nitrogens with zero attached hydrogens (tertiary/aromatic N) is 2. The van der Waals surface area contributed by atoms with Gasteiger partial charge in [0.2, 0.25) is 0 Å². The van der Waals surface area contributed by atoms with E-state index in [9.17, 15) is 0 Å². The van der Waals surface area contributed by atoms with E-state index in [-0.39, 0.29) is 24.0 Å². The molecule has 2 N–H and O–H groups in total. The zero-order chi connectivity index (χ0) is 15.6. The lowest BCUT2D eigenvalue weighted by Gasteiger charge is -2.18. The van der Waals surface area contributed by atoms with E-state index in [1.54, 1.807) is 14.2 Å². The summed E-state index contributed by atoms with van der Waals surface area (Å²) in [5.41, 5.74) is 2.52. The van der Waals surface area contributed by atoms with Crippen LogP contribution in [0.5, 0.6) is 0 Å². The Bertz CT molecular complexity index is 494. The number of anilines is 1. The predicted octanol–water partition coefficient (Wildman–Crippen LogP) is 2.38. The number of hydrogen-bond donors (Lipinski definition) is 2. The third-order valence-corrected chi connectivity index (χ3v) is 3.62. The predicted molar refractivity (Wildman–Crippen MR) is 108 cm³/mol. The summed E-state index contributed by atoms with van der Waals surface area (Å²) in [4.78, 5) is 6.56. The van der Waals surface area contributed by atoms with Crippen molar-refractivity contribution in [3.63, 3.8) is 0 Å². The van der Waals surface area contributed by atoms with Gasteiger partial charge in [0.25, 0.3) is 0 Å². The highest BCUT2D eigenvalue weighted by Gasteiger charge is 2.07. The number of benzene rings is 1. The molecule has 2 rings (SSSR count). The molecule has 0 unspecified atom stereocenters. The lowest BCUT2D eigenvalue weighted by Crippen LogP contribution is -2.37. The molecule has 1 aromatic rings. The summed E-state index contributed by atoms with van der Waals surface area (Å²) in [6.45, 7) is 4.40. The second-order valence-corrected chi connectivity index (χ2v) is 5.24. The molecule has 1 aliphatic heterocycles. The van der Waals surface area contributed by atoms with Crippen LogP contribution >= 0.6 is 24.0 Å². The van der Waals surface area contributed by atoms with E-state index in [0.29, 0.717) is 0 Å². The molecule has 6 heteroatoms. The average molecular weight is 430 g/mol. The van der Waals surface area contributed by atoms with Gasteiger partial charge in [-0.3, -0.25) is 4.99 Å². The van der Waals surface area contributed by atoms with Crippen molar-refractivity contribution in [3.05, 3.63) is 42.0 Å². The van der Waals surface area contributed by atoms with Crippen LogP contribution in [-0.2, 0) is 11.3 Å². The van der Waals surface area contributed by atoms with Gasteiger partial charge in [0.15, 0.2) is 5.96 Å². The Hall–Kier alpha value is -1.28. The van der Waals surface area contributed by atoms with Crippen LogP contribution in [0.1, 0.15) is 12.0 Å². The van der Waals surface area contributed by atoms with Crippen LogP contribution in [0.3, 0.4) is 0 Å². The molecule has 23 heavy (non-hydrogen) atoms. The van der Waals surface area contributed by atoms with Crippen molar-refractivity contribution in [3.8, 4) is 0 Å². The molecule has 0 saturated heterocycles. The lowest BCUT2D eigenvalue weighted by atomic mass is 10.2. The fraction of sp³-hybridized carbons (Fsp3) is 0.471. The minimum atomic E-state index is 0. The number of nitrogens with one attached hydrogen (secondary N) is 2. The summed E-state index contributed by atoms with van der Waals surface area (Å²) < 4.78 is 5.03. The Balaban J connectivity index is 0.00000264. The Morgan fingerprint density at radius 3 is 2.48 bits per heavy atom. The Kier molecular flexibility index (Phi) is 9.70. The molecule has 0 atom stereocenters. The van der Waals surface area contributed by atoms with E-state index in [2.05, 4.69) is 56.9 Å². The van der Waals surface area contributed by atoms with Crippen molar-refractivity contribution in [1.82, 2.24) is 10.6 Å². The van der Waals surface area contributed by atoms with E-state index >= 15 is 0 Å². The van der Waals surface area contributed by atoms with Crippen LogP contribution in [0.25, 0.3) is 0 Å². The fourth-order valence-electron chi connectivity index (χ4n) is 2.34. The monoisotopic (exact) mass is 430 g/mol. The molecule has 0 bridgehead atoms. The maximum Gasteiger partial charge on any atom is 0.191 e. The van der Waals surface area contributed by atoms with Crippen LogP contribution in [0.15, 0.2) is 41.4 Å². The number of ether oxygens (including phenoxy) is 1. The maximum absolute atomic E-state index is 5.03. The number of aliphatic imine (C=N–C) groups is 1. The molecule has 1 aliphatic rings. The molecule has 0 fully saturated rings. The van der Waals surface area contributed by atoms with E-state index in [1.807, 2.05) is 0 Å².